The smallest absolute Gasteiger partial charge is 0.335 e. The van der Waals surface area contributed by atoms with Crippen LogP contribution in [-0.2, 0) is 27.3 Å². The van der Waals surface area contributed by atoms with E-state index in [0.717, 1.165) is 62.1 Å². The van der Waals surface area contributed by atoms with Gasteiger partial charge in [-0.2, -0.15) is 0 Å². The van der Waals surface area contributed by atoms with Gasteiger partial charge in [-0.05, 0) is 38.5 Å². The molecule has 0 aromatic carbocycles. The molecule has 1 amide bonds. The second kappa shape index (κ2) is 12.5. The maximum absolute atomic E-state index is 12.7. The van der Waals surface area contributed by atoms with Crippen LogP contribution in [0.4, 0.5) is 0 Å². The average molecular weight is 540 g/mol. The minimum Gasteiger partial charge on any atom is -0.479 e. The van der Waals surface area contributed by atoms with Crippen LogP contribution in [0.15, 0.2) is 0 Å². The van der Waals surface area contributed by atoms with Crippen LogP contribution in [-0.4, -0.2) is 97.0 Å². The number of likely N-dealkylation sites (tertiary alicyclic amines) is 1. The number of thiazole rings is 1. The van der Waals surface area contributed by atoms with Gasteiger partial charge in [0.1, 0.15) is 6.10 Å². The molecule has 1 aromatic heterocycles. The third kappa shape index (κ3) is 6.98. The van der Waals surface area contributed by atoms with Gasteiger partial charge in [0, 0.05) is 38.0 Å². The summed E-state index contributed by atoms with van der Waals surface area (Å²) in [5, 5.41) is 33.4. The average Bonchev–Trinajstić information content (AvgIpc) is 3.52. The Morgan fingerprint density at radius 1 is 0.892 bits per heavy atom. The Morgan fingerprint density at radius 3 is 2.05 bits per heavy atom. The number of aliphatic carboxylic acids is 2. The summed E-state index contributed by atoms with van der Waals surface area (Å²) in [6.45, 7) is 3.91. The number of hydrogen-bond donors (Lipinski definition) is 4. The van der Waals surface area contributed by atoms with Crippen molar-refractivity contribution in [3.05, 3.63) is 10.6 Å². The molecule has 5 rings (SSSR count). The molecular formula is C25H37N3O8S. The number of amides is 1. The number of aliphatic hydroxyl groups is 2. The van der Waals surface area contributed by atoms with Crippen molar-refractivity contribution in [3.63, 3.8) is 0 Å². The highest BCUT2D eigenvalue weighted by atomic mass is 32.1. The zero-order chi connectivity index (χ0) is 26.5. The zero-order valence-electron chi connectivity index (χ0n) is 21.0. The molecule has 2 aliphatic heterocycles. The summed E-state index contributed by atoms with van der Waals surface area (Å²) in [4.78, 5) is 43.0. The normalized spacial score (nSPS) is 22.8. The Bertz CT molecular complexity index is 936. The van der Waals surface area contributed by atoms with E-state index in [0.29, 0.717) is 12.0 Å². The van der Waals surface area contributed by atoms with Crippen molar-refractivity contribution < 1.29 is 39.5 Å². The largest absolute Gasteiger partial charge is 0.479 e. The topological polar surface area (TPSA) is 161 Å². The first-order valence-corrected chi connectivity index (χ1v) is 14.0. The molecule has 1 aromatic rings. The molecule has 37 heavy (non-hydrogen) atoms. The van der Waals surface area contributed by atoms with Crippen molar-refractivity contribution in [1.29, 1.82) is 0 Å². The molecule has 2 saturated carbocycles. The zero-order valence-corrected chi connectivity index (χ0v) is 21.8. The van der Waals surface area contributed by atoms with Gasteiger partial charge < -0.3 is 35.0 Å². The van der Waals surface area contributed by atoms with E-state index in [-0.39, 0.29) is 5.92 Å². The van der Waals surface area contributed by atoms with Gasteiger partial charge in [-0.1, -0.05) is 30.6 Å². The summed E-state index contributed by atoms with van der Waals surface area (Å²) < 4.78 is 6.26. The number of nitrogens with zero attached hydrogens (tertiary/aromatic N) is 3. The molecule has 4 N–H and O–H groups in total. The predicted octanol–water partition coefficient (Wildman–Crippen LogP) is 1.49. The Balaban J connectivity index is 0.000000275. The Kier molecular flexibility index (Phi) is 9.38. The maximum Gasteiger partial charge on any atom is 0.335 e. The van der Waals surface area contributed by atoms with E-state index in [2.05, 4.69) is 9.80 Å². The van der Waals surface area contributed by atoms with Crippen LogP contribution < -0.4 is 4.74 Å². The lowest BCUT2D eigenvalue weighted by Gasteiger charge is -2.41. The molecule has 3 fully saturated rings. The number of carboxylic acid groups (broad SMARTS) is 2. The molecule has 3 heterocycles. The summed E-state index contributed by atoms with van der Waals surface area (Å²) in [5.74, 6) is -2.89. The van der Waals surface area contributed by atoms with E-state index in [9.17, 15) is 14.4 Å². The van der Waals surface area contributed by atoms with Gasteiger partial charge in [-0.15, -0.1) is 0 Å². The highest BCUT2D eigenvalue weighted by Crippen LogP contribution is 2.34. The first-order chi connectivity index (χ1) is 17.7. The summed E-state index contributed by atoms with van der Waals surface area (Å²) in [6, 6.07) is 0.849. The maximum atomic E-state index is 12.7. The first kappa shape index (κ1) is 27.7. The number of piperidine rings is 1. The molecule has 12 heteroatoms. The van der Waals surface area contributed by atoms with Crippen LogP contribution in [0.1, 0.15) is 68.4 Å². The molecule has 2 aliphatic carbocycles. The molecule has 2 atom stereocenters. The molecule has 4 aliphatic rings. The summed E-state index contributed by atoms with van der Waals surface area (Å²) >= 11 is 1.67. The minimum atomic E-state index is -2.27. The van der Waals surface area contributed by atoms with Gasteiger partial charge in [0.05, 0.1) is 17.1 Å². The van der Waals surface area contributed by atoms with Gasteiger partial charge in [0.25, 0.3) is 5.19 Å². The van der Waals surface area contributed by atoms with Crippen LogP contribution in [0.25, 0.3) is 0 Å². The first-order valence-electron chi connectivity index (χ1n) is 13.2. The molecule has 1 saturated heterocycles. The van der Waals surface area contributed by atoms with Crippen molar-refractivity contribution in [2.45, 2.75) is 95.1 Å². The summed E-state index contributed by atoms with van der Waals surface area (Å²) in [5.41, 5.74) is 1.16. The van der Waals surface area contributed by atoms with Crippen LogP contribution in [0.5, 0.6) is 5.19 Å². The Morgan fingerprint density at radius 2 is 1.51 bits per heavy atom. The summed E-state index contributed by atoms with van der Waals surface area (Å²) in [6.07, 6.45) is 7.68. The number of aliphatic hydroxyl groups excluding tert-OH is 2. The number of carbonyl (C=O) groups excluding carboxylic acids is 1. The lowest BCUT2D eigenvalue weighted by molar-refractivity contribution is -0.165. The Hall–Kier alpha value is -2.28. The third-order valence-corrected chi connectivity index (χ3v) is 8.84. The van der Waals surface area contributed by atoms with E-state index in [1.807, 2.05) is 0 Å². The third-order valence-electron chi connectivity index (χ3n) is 7.87. The SMILES string of the molecule is O=C(C1CCCC1)N1CCc2nc(OC3CCN(C4CCC4)CC3)sc2C1.O=C(O)C(O)C(O)C(=O)O. The highest BCUT2D eigenvalue weighted by Gasteiger charge is 2.33. The van der Waals surface area contributed by atoms with Crippen LogP contribution in [0.2, 0.25) is 0 Å². The van der Waals surface area contributed by atoms with Gasteiger partial charge in [-0.25, -0.2) is 14.6 Å². The molecular weight excluding hydrogens is 502 g/mol. The number of hydrogen-bond acceptors (Lipinski definition) is 9. The van der Waals surface area contributed by atoms with Crippen LogP contribution in [0.3, 0.4) is 0 Å². The molecule has 206 valence electrons. The fraction of sp³-hybridized carbons (Fsp3) is 0.760. The highest BCUT2D eigenvalue weighted by molar-refractivity contribution is 7.13. The van der Waals surface area contributed by atoms with E-state index < -0.39 is 24.1 Å². The van der Waals surface area contributed by atoms with Crippen molar-refractivity contribution in [1.82, 2.24) is 14.8 Å². The van der Waals surface area contributed by atoms with E-state index in [1.165, 1.54) is 50.1 Å². The molecule has 0 spiro atoms. The van der Waals surface area contributed by atoms with Gasteiger partial charge in [0.2, 0.25) is 5.91 Å². The number of carbonyl (C=O) groups is 3. The monoisotopic (exact) mass is 539 g/mol. The van der Waals surface area contributed by atoms with Gasteiger partial charge in [0.15, 0.2) is 12.2 Å². The van der Waals surface area contributed by atoms with Crippen molar-refractivity contribution in [2.75, 3.05) is 19.6 Å². The van der Waals surface area contributed by atoms with E-state index >= 15 is 0 Å². The van der Waals surface area contributed by atoms with Crippen molar-refractivity contribution in [3.8, 4) is 5.19 Å². The van der Waals surface area contributed by atoms with Crippen molar-refractivity contribution >= 4 is 29.2 Å². The van der Waals surface area contributed by atoms with Gasteiger partial charge in [-0.3, -0.25) is 4.79 Å². The molecule has 0 bridgehead atoms. The van der Waals surface area contributed by atoms with Crippen LogP contribution in [0, 0.1) is 5.92 Å². The predicted molar refractivity (Wildman–Crippen MR) is 133 cm³/mol. The molecule has 2 unspecified atom stereocenters. The fourth-order valence-electron chi connectivity index (χ4n) is 5.36. The van der Waals surface area contributed by atoms with E-state index in [4.69, 9.17) is 30.1 Å². The number of carboxylic acids is 2. The lowest BCUT2D eigenvalue weighted by atomic mass is 9.90. The molecule has 0 radical (unpaired) electrons. The number of aromatic nitrogens is 1. The van der Waals surface area contributed by atoms with Gasteiger partial charge >= 0.3 is 11.9 Å². The second-order valence-electron chi connectivity index (χ2n) is 10.3. The van der Waals surface area contributed by atoms with Crippen LogP contribution >= 0.6 is 11.3 Å². The van der Waals surface area contributed by atoms with Crippen molar-refractivity contribution in [2.24, 2.45) is 5.92 Å². The Labute approximate surface area is 220 Å². The van der Waals surface area contributed by atoms with E-state index in [1.54, 1.807) is 11.3 Å². The lowest BCUT2D eigenvalue weighted by Crippen LogP contribution is -2.46. The minimum absolute atomic E-state index is 0.274. The number of rotatable bonds is 7. The second-order valence-corrected chi connectivity index (χ2v) is 11.4. The fourth-order valence-corrected chi connectivity index (χ4v) is 6.40. The quantitative estimate of drug-likeness (QED) is 0.400. The number of ether oxygens (including phenoxy) is 1. The molecule has 11 nitrogen and oxygen atoms in total. The number of fused-ring (bicyclic) bond motifs is 1. The standard InChI is InChI=1S/C21H31N3O2S.C4H6O6/c25-20(15-4-1-2-5-15)24-13-10-18-19(14-24)27-21(22-18)26-17-8-11-23(12-9-17)16-6-3-7-16;5-1(3(7)8)2(6)4(9)10/h15-17H,1-14H2;1-2,5-6H,(H,7,8)(H,9,10). The summed E-state index contributed by atoms with van der Waals surface area (Å²) in [7, 11) is 0.